The van der Waals surface area contributed by atoms with Gasteiger partial charge in [0, 0.05) is 0 Å². The molecule has 1 fully saturated rings. The highest BCUT2D eigenvalue weighted by atomic mass is 32.1. The van der Waals surface area contributed by atoms with Crippen molar-refractivity contribution in [3.05, 3.63) is 0 Å². The number of carbonyl (C=O) groups is 3. The van der Waals surface area contributed by atoms with E-state index in [0.717, 1.165) is 0 Å². The lowest BCUT2D eigenvalue weighted by Crippen LogP contribution is -2.66. The van der Waals surface area contributed by atoms with Crippen molar-refractivity contribution in [1.29, 1.82) is 0 Å². The first-order valence-corrected chi connectivity index (χ1v) is 5.12. The Labute approximate surface area is 93.6 Å². The molecule has 1 N–H and O–H groups in total. The average Bonchev–Trinajstić information content (AvgIpc) is 2.10. The quantitative estimate of drug-likeness (QED) is 0.474. The van der Waals surface area contributed by atoms with E-state index in [9.17, 15) is 14.4 Å². The van der Waals surface area contributed by atoms with Gasteiger partial charge in [-0.1, -0.05) is 0 Å². The van der Waals surface area contributed by atoms with Gasteiger partial charge in [0.05, 0.1) is 5.25 Å². The molecule has 0 bridgehead atoms. The molecule has 3 amide bonds. The van der Waals surface area contributed by atoms with Crippen LogP contribution in [0.25, 0.3) is 0 Å². The third-order valence-corrected chi connectivity index (χ3v) is 2.63. The Bertz CT molecular complexity index is 325. The molecule has 0 spiro atoms. The summed E-state index contributed by atoms with van der Waals surface area (Å²) in [6.45, 7) is 4.71. The lowest BCUT2D eigenvalue weighted by Gasteiger charge is -2.40. The van der Waals surface area contributed by atoms with E-state index in [1.165, 1.54) is 4.90 Å². The lowest BCUT2D eigenvalue weighted by atomic mass is 9.98. The Morgan fingerprint density at radius 3 is 2.53 bits per heavy atom. The van der Waals surface area contributed by atoms with Gasteiger partial charge in [-0.2, -0.15) is 12.6 Å². The zero-order valence-electron chi connectivity index (χ0n) is 8.90. The van der Waals surface area contributed by atoms with Crippen LogP contribution in [0.2, 0.25) is 0 Å². The normalized spacial score (nSPS) is 22.3. The number of piperazine rings is 1. The minimum absolute atomic E-state index is 0.0948. The summed E-state index contributed by atoms with van der Waals surface area (Å²) in [4.78, 5) is 35.6. The van der Waals surface area contributed by atoms with Crippen LogP contribution >= 0.6 is 12.6 Å². The number of hydrogen-bond acceptors (Lipinski definition) is 4. The van der Waals surface area contributed by atoms with Gasteiger partial charge in [-0.15, -0.1) is 0 Å². The zero-order valence-corrected chi connectivity index (χ0v) is 9.80. The van der Waals surface area contributed by atoms with Crippen molar-refractivity contribution in [2.45, 2.75) is 31.6 Å². The first kappa shape index (κ1) is 12.0. The molecule has 6 heteroatoms. The van der Waals surface area contributed by atoms with Gasteiger partial charge in [0.2, 0.25) is 11.8 Å². The largest absolute Gasteiger partial charge is 0.318 e. The molecule has 0 aromatic heterocycles. The summed E-state index contributed by atoms with van der Waals surface area (Å²) in [6, 6.07) is 0. The van der Waals surface area contributed by atoms with Crippen molar-refractivity contribution in [3.63, 3.8) is 0 Å². The first-order chi connectivity index (χ1) is 6.76. The van der Waals surface area contributed by atoms with Gasteiger partial charge in [-0.3, -0.25) is 19.7 Å². The number of nitrogens with zero attached hydrogens (tertiary/aromatic N) is 1. The van der Waals surface area contributed by atoms with Crippen LogP contribution in [-0.2, 0) is 14.4 Å². The number of carbonyl (C=O) groups excluding carboxylic acids is 3. The van der Waals surface area contributed by atoms with Crippen molar-refractivity contribution in [2.75, 3.05) is 6.54 Å². The van der Waals surface area contributed by atoms with E-state index in [2.05, 4.69) is 17.9 Å². The van der Waals surface area contributed by atoms with E-state index in [-0.39, 0.29) is 12.5 Å². The summed E-state index contributed by atoms with van der Waals surface area (Å²) in [6.07, 6.45) is 0. The predicted molar refractivity (Wildman–Crippen MR) is 57.4 cm³/mol. The van der Waals surface area contributed by atoms with Crippen LogP contribution < -0.4 is 5.32 Å². The van der Waals surface area contributed by atoms with Gasteiger partial charge in [0.15, 0.2) is 0 Å². The summed E-state index contributed by atoms with van der Waals surface area (Å²) < 4.78 is 0. The van der Waals surface area contributed by atoms with E-state index in [1.807, 2.05) is 0 Å². The maximum Gasteiger partial charge on any atom is 0.252 e. The second-order valence-electron chi connectivity index (χ2n) is 4.04. The maximum atomic E-state index is 11.7. The topological polar surface area (TPSA) is 66.5 Å². The van der Waals surface area contributed by atoms with Crippen molar-refractivity contribution in [1.82, 2.24) is 10.2 Å². The maximum absolute atomic E-state index is 11.7. The SMILES string of the molecule is CC(S)C(=O)N1CC(=O)NC(=O)C1(C)C. The van der Waals surface area contributed by atoms with Crippen LogP contribution in [0.3, 0.4) is 0 Å². The zero-order chi connectivity index (χ0) is 11.8. The molecular weight excluding hydrogens is 216 g/mol. The van der Waals surface area contributed by atoms with Crippen LogP contribution in [0.5, 0.6) is 0 Å². The lowest BCUT2D eigenvalue weighted by molar-refractivity contribution is -0.155. The summed E-state index contributed by atoms with van der Waals surface area (Å²) in [7, 11) is 0. The highest BCUT2D eigenvalue weighted by Crippen LogP contribution is 2.20. The number of amides is 3. The number of rotatable bonds is 1. The molecule has 0 radical (unpaired) electrons. The Hall–Kier alpha value is -1.04. The molecule has 1 aliphatic rings. The predicted octanol–water partition coefficient (Wildman–Crippen LogP) is -0.432. The number of thiol groups is 1. The molecule has 0 aromatic carbocycles. The molecule has 1 heterocycles. The van der Waals surface area contributed by atoms with Crippen LogP contribution in [0, 0.1) is 0 Å². The highest BCUT2D eigenvalue weighted by Gasteiger charge is 2.43. The molecule has 1 aliphatic heterocycles. The smallest absolute Gasteiger partial charge is 0.252 e. The molecule has 15 heavy (non-hydrogen) atoms. The van der Waals surface area contributed by atoms with Gasteiger partial charge in [0.25, 0.3) is 5.91 Å². The third kappa shape index (κ3) is 2.14. The molecule has 1 unspecified atom stereocenters. The molecule has 0 aliphatic carbocycles. The van der Waals surface area contributed by atoms with E-state index >= 15 is 0 Å². The Balaban J connectivity index is 2.99. The minimum Gasteiger partial charge on any atom is -0.318 e. The van der Waals surface area contributed by atoms with Crippen LogP contribution in [0.4, 0.5) is 0 Å². The molecule has 5 nitrogen and oxygen atoms in total. The van der Waals surface area contributed by atoms with Crippen LogP contribution in [0.1, 0.15) is 20.8 Å². The number of nitrogens with one attached hydrogen (secondary N) is 1. The second-order valence-corrected chi connectivity index (χ2v) is 4.81. The van der Waals surface area contributed by atoms with Gasteiger partial charge >= 0.3 is 0 Å². The van der Waals surface area contributed by atoms with E-state index in [4.69, 9.17) is 0 Å². The summed E-state index contributed by atoms with van der Waals surface area (Å²) >= 11 is 4.01. The molecule has 0 saturated carbocycles. The Morgan fingerprint density at radius 2 is 2.07 bits per heavy atom. The van der Waals surface area contributed by atoms with Gasteiger partial charge < -0.3 is 4.90 Å². The highest BCUT2D eigenvalue weighted by molar-refractivity contribution is 7.81. The monoisotopic (exact) mass is 230 g/mol. The second kappa shape index (κ2) is 3.84. The first-order valence-electron chi connectivity index (χ1n) is 4.60. The number of hydrogen-bond donors (Lipinski definition) is 2. The molecule has 0 aromatic rings. The van der Waals surface area contributed by atoms with Crippen molar-refractivity contribution in [2.24, 2.45) is 0 Å². The summed E-state index contributed by atoms with van der Waals surface area (Å²) in [5.41, 5.74) is -0.998. The molecule has 1 atom stereocenters. The summed E-state index contributed by atoms with van der Waals surface area (Å²) in [5.74, 6) is -1.23. The van der Waals surface area contributed by atoms with Gasteiger partial charge in [0.1, 0.15) is 12.1 Å². The average molecular weight is 230 g/mol. The fourth-order valence-electron chi connectivity index (χ4n) is 1.36. The van der Waals surface area contributed by atoms with E-state index in [0.29, 0.717) is 0 Å². The number of imide groups is 1. The molecule has 84 valence electrons. The van der Waals surface area contributed by atoms with Gasteiger partial charge in [-0.25, -0.2) is 0 Å². The Kier molecular flexibility index (Phi) is 3.08. The molecular formula is C9H14N2O3S. The standard InChI is InChI=1S/C9H14N2O3S/c1-5(15)7(13)11-4-6(12)10-8(14)9(11,2)3/h5,15H,4H2,1-3H3,(H,10,12,14). The van der Waals surface area contributed by atoms with Crippen LogP contribution in [0.15, 0.2) is 0 Å². The summed E-state index contributed by atoms with van der Waals surface area (Å²) in [5, 5.41) is 1.67. The fraction of sp³-hybridized carbons (Fsp3) is 0.667. The van der Waals surface area contributed by atoms with E-state index in [1.54, 1.807) is 20.8 Å². The fourth-order valence-corrected chi connectivity index (χ4v) is 1.50. The molecule has 1 saturated heterocycles. The van der Waals surface area contributed by atoms with Crippen molar-refractivity contribution < 1.29 is 14.4 Å². The molecule has 1 rings (SSSR count). The van der Waals surface area contributed by atoms with Crippen molar-refractivity contribution in [3.8, 4) is 0 Å². The Morgan fingerprint density at radius 1 is 1.53 bits per heavy atom. The van der Waals surface area contributed by atoms with Gasteiger partial charge in [-0.05, 0) is 20.8 Å². The van der Waals surface area contributed by atoms with Crippen molar-refractivity contribution >= 4 is 30.4 Å². The van der Waals surface area contributed by atoms with E-state index < -0.39 is 22.6 Å². The van der Waals surface area contributed by atoms with Crippen LogP contribution in [-0.4, -0.2) is 40.0 Å². The minimum atomic E-state index is -0.998. The third-order valence-electron chi connectivity index (χ3n) is 2.41.